The van der Waals surface area contributed by atoms with Gasteiger partial charge in [0.05, 0.1) is 18.2 Å². The van der Waals surface area contributed by atoms with Gasteiger partial charge in [-0.25, -0.2) is 14.6 Å². The molecule has 0 unspecified atom stereocenters. The van der Waals surface area contributed by atoms with Crippen molar-refractivity contribution in [2.75, 3.05) is 6.61 Å². The van der Waals surface area contributed by atoms with Crippen molar-refractivity contribution in [3.05, 3.63) is 29.6 Å². The molecule has 0 aliphatic heterocycles. The summed E-state index contributed by atoms with van der Waals surface area (Å²) in [5.41, 5.74) is 0.547. The first-order valence-corrected chi connectivity index (χ1v) is 5.11. The molecule has 0 fully saturated rings. The molecule has 0 N–H and O–H groups in total. The molecule has 94 valence electrons. The minimum absolute atomic E-state index is 0. The van der Waals surface area contributed by atoms with Gasteiger partial charge in [0.15, 0.2) is 0 Å². The Morgan fingerprint density at radius 3 is 2.71 bits per heavy atom. The number of aromatic nitrogens is 1. The Labute approximate surface area is 109 Å². The second kappa shape index (κ2) is 7.86. The smallest absolute Gasteiger partial charge is 0.434 e. The number of carbonyl (C=O) groups excluding carboxylic acids is 2. The summed E-state index contributed by atoms with van der Waals surface area (Å²) in [6.45, 7) is 1.75. The first kappa shape index (κ1) is 15.7. The molecule has 1 aromatic heterocycles. The Hall–Kier alpha value is -1.33. The number of ether oxygens (including phenoxy) is 2. The molecular formula is C10H11Cl2NO4. The molecule has 17 heavy (non-hydrogen) atoms. The molecule has 7 heteroatoms. The first-order chi connectivity index (χ1) is 7.67. The van der Waals surface area contributed by atoms with E-state index in [9.17, 15) is 9.59 Å². The average Bonchev–Trinajstić information content (AvgIpc) is 2.29. The molecule has 0 saturated heterocycles. The maximum Gasteiger partial charge on any atom is 0.516 e. The van der Waals surface area contributed by atoms with Gasteiger partial charge in [0.25, 0.3) is 0 Å². The molecule has 0 saturated carbocycles. The average molecular weight is 280 g/mol. The number of hydrogen-bond donors (Lipinski definition) is 0. The lowest BCUT2D eigenvalue weighted by Gasteiger charge is -2.02. The summed E-state index contributed by atoms with van der Waals surface area (Å²) in [6.07, 6.45) is -1.04. The van der Waals surface area contributed by atoms with Gasteiger partial charge in [0.2, 0.25) is 0 Å². The van der Waals surface area contributed by atoms with Crippen LogP contribution in [0.15, 0.2) is 18.2 Å². The third-order valence-corrected chi connectivity index (χ3v) is 1.86. The number of pyridine rings is 1. The number of hydrogen-bond acceptors (Lipinski definition) is 5. The highest BCUT2D eigenvalue weighted by molar-refractivity contribution is 6.16. The van der Waals surface area contributed by atoms with Crippen LogP contribution in [-0.2, 0) is 15.4 Å². The fourth-order valence-electron chi connectivity index (χ4n) is 0.943. The van der Waals surface area contributed by atoms with E-state index in [1.165, 1.54) is 6.07 Å². The van der Waals surface area contributed by atoms with Gasteiger partial charge >= 0.3 is 12.1 Å². The third-order valence-electron chi connectivity index (χ3n) is 1.59. The summed E-state index contributed by atoms with van der Waals surface area (Å²) < 4.78 is 8.83. The normalized spacial score (nSPS) is 9.06. The van der Waals surface area contributed by atoms with Crippen LogP contribution in [0.5, 0.6) is 0 Å². The van der Waals surface area contributed by atoms with Crippen LogP contribution in [0, 0.1) is 0 Å². The number of esters is 1. The van der Waals surface area contributed by atoms with Crippen LogP contribution in [0.1, 0.15) is 23.1 Å². The van der Waals surface area contributed by atoms with E-state index in [1.54, 1.807) is 19.1 Å². The van der Waals surface area contributed by atoms with E-state index in [1.807, 2.05) is 0 Å². The fraction of sp³-hybridized carbons (Fsp3) is 0.300. The van der Waals surface area contributed by atoms with E-state index in [0.717, 1.165) is 0 Å². The standard InChI is InChI=1S/C10H10ClNO4.ClH/c1-2-15-10(14)16-9(13)8-5-3-4-7(6-11)12-8;/h3-5H,2,6H2,1H3;1H. The monoisotopic (exact) mass is 279 g/mol. The van der Waals surface area contributed by atoms with Crippen LogP contribution in [0.2, 0.25) is 0 Å². The first-order valence-electron chi connectivity index (χ1n) is 4.58. The lowest BCUT2D eigenvalue weighted by Crippen LogP contribution is -2.15. The maximum atomic E-state index is 11.4. The third kappa shape index (κ3) is 5.01. The van der Waals surface area contributed by atoms with Crippen molar-refractivity contribution in [2.45, 2.75) is 12.8 Å². The van der Waals surface area contributed by atoms with Crippen LogP contribution in [0.3, 0.4) is 0 Å². The van der Waals surface area contributed by atoms with Crippen LogP contribution in [0.4, 0.5) is 4.79 Å². The molecular weight excluding hydrogens is 269 g/mol. The van der Waals surface area contributed by atoms with Crippen LogP contribution in [-0.4, -0.2) is 23.7 Å². The van der Waals surface area contributed by atoms with Gasteiger partial charge in [-0.2, -0.15) is 0 Å². The lowest BCUT2D eigenvalue weighted by atomic mass is 10.3. The highest BCUT2D eigenvalue weighted by Gasteiger charge is 2.15. The van der Waals surface area contributed by atoms with Gasteiger partial charge in [0, 0.05) is 0 Å². The zero-order valence-corrected chi connectivity index (χ0v) is 10.6. The molecule has 0 aliphatic carbocycles. The summed E-state index contributed by atoms with van der Waals surface area (Å²) in [5, 5.41) is 0. The quantitative estimate of drug-likeness (QED) is 0.483. The van der Waals surface area contributed by atoms with E-state index >= 15 is 0 Å². The van der Waals surface area contributed by atoms with Crippen molar-refractivity contribution in [2.24, 2.45) is 0 Å². The van der Waals surface area contributed by atoms with E-state index in [4.69, 9.17) is 11.6 Å². The molecule has 0 aromatic carbocycles. The minimum atomic E-state index is -1.04. The van der Waals surface area contributed by atoms with Gasteiger partial charge in [-0.1, -0.05) is 6.07 Å². The number of rotatable bonds is 3. The zero-order valence-electron chi connectivity index (χ0n) is 9.01. The molecule has 0 aliphatic rings. The largest absolute Gasteiger partial charge is 0.516 e. The van der Waals surface area contributed by atoms with Gasteiger partial charge in [0.1, 0.15) is 5.69 Å². The Bertz CT molecular complexity index is 398. The van der Waals surface area contributed by atoms with E-state index < -0.39 is 12.1 Å². The molecule has 0 amide bonds. The van der Waals surface area contributed by atoms with Crippen LogP contribution < -0.4 is 0 Å². The van der Waals surface area contributed by atoms with Crippen molar-refractivity contribution >= 4 is 36.1 Å². The highest BCUT2D eigenvalue weighted by atomic mass is 35.5. The number of halogens is 2. The van der Waals surface area contributed by atoms with Crippen molar-refractivity contribution in [3.63, 3.8) is 0 Å². The predicted molar refractivity (Wildman–Crippen MR) is 63.5 cm³/mol. The highest BCUT2D eigenvalue weighted by Crippen LogP contribution is 2.04. The molecule has 5 nitrogen and oxygen atoms in total. The van der Waals surface area contributed by atoms with Crippen molar-refractivity contribution in [1.82, 2.24) is 4.98 Å². The van der Waals surface area contributed by atoms with Crippen molar-refractivity contribution in [3.8, 4) is 0 Å². The van der Waals surface area contributed by atoms with Gasteiger partial charge < -0.3 is 9.47 Å². The maximum absolute atomic E-state index is 11.4. The Morgan fingerprint density at radius 2 is 2.12 bits per heavy atom. The topological polar surface area (TPSA) is 65.5 Å². The number of carbonyl (C=O) groups is 2. The SMILES string of the molecule is CCOC(=O)OC(=O)c1cccc(CCl)n1.Cl. The summed E-state index contributed by atoms with van der Waals surface area (Å²) in [6, 6.07) is 4.69. The second-order valence-electron chi connectivity index (χ2n) is 2.72. The van der Waals surface area contributed by atoms with Crippen LogP contribution in [0.25, 0.3) is 0 Å². The summed E-state index contributed by atoms with van der Waals surface area (Å²) >= 11 is 5.55. The van der Waals surface area contributed by atoms with Crippen LogP contribution >= 0.6 is 24.0 Å². The van der Waals surface area contributed by atoms with Gasteiger partial charge in [-0.05, 0) is 19.1 Å². The fourth-order valence-corrected chi connectivity index (χ4v) is 1.09. The molecule has 0 spiro atoms. The Kier molecular flexibility index (Phi) is 7.25. The molecule has 1 heterocycles. The lowest BCUT2D eigenvalue weighted by molar-refractivity contribution is 0.0396. The summed E-state index contributed by atoms with van der Waals surface area (Å²) in [4.78, 5) is 26.1. The number of nitrogens with zero attached hydrogens (tertiary/aromatic N) is 1. The predicted octanol–water partition coefficient (Wildman–Crippen LogP) is 2.56. The zero-order chi connectivity index (χ0) is 12.0. The Balaban J connectivity index is 0.00000256. The molecule has 0 bridgehead atoms. The summed E-state index contributed by atoms with van der Waals surface area (Å²) in [7, 11) is 0. The van der Waals surface area contributed by atoms with Crippen molar-refractivity contribution < 1.29 is 19.1 Å². The summed E-state index contributed by atoms with van der Waals surface area (Å²) in [5.74, 6) is -0.675. The van der Waals surface area contributed by atoms with Crippen molar-refractivity contribution in [1.29, 1.82) is 0 Å². The van der Waals surface area contributed by atoms with E-state index in [-0.39, 0.29) is 30.6 Å². The number of alkyl halides is 1. The molecule has 0 atom stereocenters. The molecule has 1 aromatic rings. The second-order valence-corrected chi connectivity index (χ2v) is 2.99. The Morgan fingerprint density at radius 1 is 1.41 bits per heavy atom. The molecule has 0 radical (unpaired) electrons. The van der Waals surface area contributed by atoms with Gasteiger partial charge in [-0.3, -0.25) is 0 Å². The molecule has 1 rings (SSSR count). The van der Waals surface area contributed by atoms with E-state index in [2.05, 4.69) is 14.5 Å². The van der Waals surface area contributed by atoms with Gasteiger partial charge in [-0.15, -0.1) is 24.0 Å². The van der Waals surface area contributed by atoms with E-state index in [0.29, 0.717) is 5.69 Å². The minimum Gasteiger partial charge on any atom is -0.434 e.